The number of hydrogen-bond donors (Lipinski definition) is 1. The number of fused-ring (bicyclic) bond motifs is 2. The zero-order valence-corrected chi connectivity index (χ0v) is 18.8. The number of benzene rings is 2. The molecule has 0 spiro atoms. The van der Waals surface area contributed by atoms with Gasteiger partial charge >= 0.3 is 24.1 Å². The number of nitrogens with zero attached hydrogens (tertiary/aromatic N) is 1. The van der Waals surface area contributed by atoms with Gasteiger partial charge < -0.3 is 23.5 Å². The zero-order chi connectivity index (χ0) is 24.8. The van der Waals surface area contributed by atoms with E-state index in [1.807, 2.05) is 0 Å². The number of halogens is 4. The van der Waals surface area contributed by atoms with Crippen LogP contribution in [0, 0.1) is 6.92 Å². The highest BCUT2D eigenvalue weighted by atomic mass is 35.5. The molecule has 1 amide bonds. The number of aryl methyl sites for hydroxylation is 1. The average Bonchev–Trinajstić information content (AvgIpc) is 3.23. The van der Waals surface area contributed by atoms with Crippen LogP contribution in [0.5, 0.6) is 17.2 Å². The van der Waals surface area contributed by atoms with E-state index in [9.17, 15) is 22.8 Å². The van der Waals surface area contributed by atoms with Crippen molar-refractivity contribution in [3.63, 3.8) is 0 Å². The molecule has 1 aliphatic heterocycles. The van der Waals surface area contributed by atoms with Crippen molar-refractivity contribution >= 4 is 34.6 Å². The highest BCUT2D eigenvalue weighted by molar-refractivity contribution is 6.30. The van der Waals surface area contributed by atoms with Crippen molar-refractivity contribution in [2.24, 2.45) is 7.05 Å². The minimum atomic E-state index is -5.17. The monoisotopic (exact) mass is 498 g/mol. The van der Waals surface area contributed by atoms with Gasteiger partial charge in [-0.2, -0.15) is 13.2 Å². The summed E-state index contributed by atoms with van der Waals surface area (Å²) >= 11 is 5.80. The summed E-state index contributed by atoms with van der Waals surface area (Å²) in [7, 11) is 1.74. The molecule has 0 saturated carbocycles. The first-order chi connectivity index (χ1) is 16.0. The van der Waals surface area contributed by atoms with Gasteiger partial charge in [0.2, 0.25) is 0 Å². The Morgan fingerprint density at radius 1 is 1.15 bits per heavy atom. The van der Waals surface area contributed by atoms with Crippen molar-refractivity contribution in [2.45, 2.75) is 25.9 Å². The van der Waals surface area contributed by atoms with E-state index in [-0.39, 0.29) is 34.4 Å². The molecule has 3 aromatic rings. The molecule has 0 fully saturated rings. The standard InChI is InChI=1S/C22H18ClF3N2O6/c1-4-31-19(29)18-11(2)28(3)15-7-6-13(10-14(15)18)32-20(30)27-22(21(24,25)26)33-16-8-5-12(23)9-17(16)34-22/h5-10H,4H2,1-3H3,(H,27,30)/t22-/m0/s1. The van der Waals surface area contributed by atoms with Crippen LogP contribution in [-0.4, -0.2) is 35.3 Å². The molecule has 0 radical (unpaired) electrons. The second-order valence-electron chi connectivity index (χ2n) is 7.34. The number of ether oxygens (including phenoxy) is 4. The molecule has 0 bridgehead atoms. The second kappa shape index (κ2) is 8.32. The van der Waals surface area contributed by atoms with Crippen molar-refractivity contribution in [2.75, 3.05) is 6.61 Å². The Hall–Kier alpha value is -3.60. The van der Waals surface area contributed by atoms with E-state index in [0.717, 1.165) is 6.07 Å². The Morgan fingerprint density at radius 3 is 2.53 bits per heavy atom. The number of esters is 1. The topological polar surface area (TPSA) is 88.0 Å². The summed E-state index contributed by atoms with van der Waals surface area (Å²) in [5, 5.41) is 2.12. The van der Waals surface area contributed by atoms with Crippen LogP contribution < -0.4 is 19.5 Å². The Morgan fingerprint density at radius 2 is 1.85 bits per heavy atom. The van der Waals surface area contributed by atoms with Gasteiger partial charge in [0.05, 0.1) is 12.2 Å². The summed E-state index contributed by atoms with van der Waals surface area (Å²) in [5.41, 5.74) is 1.50. The van der Waals surface area contributed by atoms with E-state index < -0.39 is 24.1 Å². The van der Waals surface area contributed by atoms with Gasteiger partial charge in [0.25, 0.3) is 0 Å². The lowest BCUT2D eigenvalue weighted by atomic mass is 10.1. The third kappa shape index (κ3) is 3.96. The Balaban J connectivity index is 1.61. The lowest BCUT2D eigenvalue weighted by Crippen LogP contribution is -2.65. The molecule has 2 aromatic carbocycles. The molecule has 0 aliphatic carbocycles. The molecule has 0 saturated heterocycles. The van der Waals surface area contributed by atoms with Gasteiger partial charge in [0.15, 0.2) is 11.5 Å². The van der Waals surface area contributed by atoms with E-state index in [1.54, 1.807) is 36.8 Å². The fraction of sp³-hybridized carbons (Fsp3) is 0.273. The van der Waals surface area contributed by atoms with Gasteiger partial charge in [0, 0.05) is 34.7 Å². The van der Waals surface area contributed by atoms with Crippen LogP contribution in [0.25, 0.3) is 10.9 Å². The quantitative estimate of drug-likeness (QED) is 0.504. The number of carbonyl (C=O) groups excluding carboxylic acids is 2. The third-order valence-electron chi connectivity index (χ3n) is 5.21. The van der Waals surface area contributed by atoms with Gasteiger partial charge in [-0.05, 0) is 44.2 Å². The predicted octanol–water partition coefficient (Wildman–Crippen LogP) is 5.09. The highest BCUT2D eigenvalue weighted by Crippen LogP contribution is 2.46. The number of rotatable bonds is 4. The normalized spacial score (nSPS) is 17.0. The average molecular weight is 499 g/mol. The Kier molecular flexibility index (Phi) is 5.76. The zero-order valence-electron chi connectivity index (χ0n) is 18.1. The molecule has 1 N–H and O–H groups in total. The first-order valence-electron chi connectivity index (χ1n) is 9.96. The molecule has 1 aromatic heterocycles. The molecular formula is C22H18ClF3N2O6. The number of hydrogen-bond acceptors (Lipinski definition) is 6. The SMILES string of the molecule is CCOC(=O)c1c(C)n(C)c2ccc(OC(=O)N[C@@]3(C(F)(F)F)Oc4ccc(Cl)cc4O3)cc12. The number of nitrogens with one attached hydrogen (secondary N) is 1. The molecule has 0 unspecified atom stereocenters. The fourth-order valence-electron chi connectivity index (χ4n) is 3.56. The van der Waals surface area contributed by atoms with E-state index in [1.165, 1.54) is 24.3 Å². The summed E-state index contributed by atoms with van der Waals surface area (Å²) in [6.07, 6.45) is -6.67. The minimum Gasteiger partial charge on any atom is -0.462 e. The molecule has 1 aliphatic rings. The summed E-state index contributed by atoms with van der Waals surface area (Å²) < 4.78 is 63.2. The van der Waals surface area contributed by atoms with Gasteiger partial charge in [0.1, 0.15) is 5.75 Å². The second-order valence-corrected chi connectivity index (χ2v) is 7.78. The van der Waals surface area contributed by atoms with Gasteiger partial charge in [-0.15, -0.1) is 0 Å². The van der Waals surface area contributed by atoms with Crippen LogP contribution in [0.1, 0.15) is 23.0 Å². The van der Waals surface area contributed by atoms with Crippen molar-refractivity contribution < 1.29 is 41.7 Å². The minimum absolute atomic E-state index is 0.114. The first-order valence-corrected chi connectivity index (χ1v) is 10.3. The number of amides is 1. The molecule has 4 rings (SSSR count). The molecule has 2 heterocycles. The van der Waals surface area contributed by atoms with Crippen molar-refractivity contribution in [1.29, 1.82) is 0 Å². The molecule has 12 heteroatoms. The number of aromatic nitrogens is 1. The van der Waals surface area contributed by atoms with Crippen LogP contribution >= 0.6 is 11.6 Å². The largest absolute Gasteiger partial charge is 0.492 e. The number of carbonyl (C=O) groups is 2. The van der Waals surface area contributed by atoms with Gasteiger partial charge in [-0.3, -0.25) is 0 Å². The highest BCUT2D eigenvalue weighted by Gasteiger charge is 2.66. The fourth-order valence-corrected chi connectivity index (χ4v) is 3.72. The van der Waals surface area contributed by atoms with E-state index in [4.69, 9.17) is 30.5 Å². The van der Waals surface area contributed by atoms with Crippen molar-refractivity contribution in [1.82, 2.24) is 9.88 Å². The first kappa shape index (κ1) is 23.6. The lowest BCUT2D eigenvalue weighted by Gasteiger charge is -2.29. The molecular weight excluding hydrogens is 481 g/mol. The maximum absolute atomic E-state index is 13.8. The summed E-state index contributed by atoms with van der Waals surface area (Å²) in [6, 6.07) is 7.92. The number of alkyl halides is 3. The van der Waals surface area contributed by atoms with Crippen LogP contribution in [0.3, 0.4) is 0 Å². The smallest absolute Gasteiger partial charge is 0.462 e. The Bertz CT molecular complexity index is 1310. The molecule has 8 nitrogen and oxygen atoms in total. The molecule has 180 valence electrons. The van der Waals surface area contributed by atoms with Crippen molar-refractivity contribution in [3.8, 4) is 17.2 Å². The lowest BCUT2D eigenvalue weighted by molar-refractivity contribution is -0.318. The summed E-state index contributed by atoms with van der Waals surface area (Å²) in [6.45, 7) is 3.53. The van der Waals surface area contributed by atoms with Crippen molar-refractivity contribution in [3.05, 3.63) is 52.7 Å². The van der Waals surface area contributed by atoms with Gasteiger partial charge in [-0.1, -0.05) is 11.6 Å². The molecule has 34 heavy (non-hydrogen) atoms. The maximum Gasteiger partial charge on any atom is 0.492 e. The maximum atomic E-state index is 13.8. The summed E-state index contributed by atoms with van der Waals surface area (Å²) in [4.78, 5) is 24.9. The van der Waals surface area contributed by atoms with Gasteiger partial charge in [-0.25, -0.2) is 14.9 Å². The Labute approximate surface area is 196 Å². The van der Waals surface area contributed by atoms with E-state index in [2.05, 4.69) is 0 Å². The van der Waals surface area contributed by atoms with Crippen LogP contribution in [0.15, 0.2) is 36.4 Å². The predicted molar refractivity (Wildman–Crippen MR) is 114 cm³/mol. The van der Waals surface area contributed by atoms with E-state index in [0.29, 0.717) is 16.6 Å². The van der Waals surface area contributed by atoms with Crippen LogP contribution in [0.2, 0.25) is 5.02 Å². The third-order valence-corrected chi connectivity index (χ3v) is 5.44. The van der Waals surface area contributed by atoms with Crippen LogP contribution in [0.4, 0.5) is 18.0 Å². The molecule has 1 atom stereocenters. The van der Waals surface area contributed by atoms with Crippen LogP contribution in [-0.2, 0) is 11.8 Å². The summed E-state index contributed by atoms with van der Waals surface area (Å²) in [5.74, 6) is -4.77. The van der Waals surface area contributed by atoms with E-state index >= 15 is 0 Å².